The fourth-order valence-electron chi connectivity index (χ4n) is 4.02. The van der Waals surface area contributed by atoms with E-state index in [4.69, 9.17) is 23.7 Å². The first-order valence-electron chi connectivity index (χ1n) is 12.0. The van der Waals surface area contributed by atoms with Crippen molar-refractivity contribution >= 4 is 23.7 Å². The summed E-state index contributed by atoms with van der Waals surface area (Å²) in [7, 11) is 4.48. The molecule has 4 rings (SSSR count). The molecular weight excluding hydrogens is 522 g/mol. The molecule has 0 unspecified atom stereocenters. The Morgan fingerprint density at radius 2 is 1.62 bits per heavy atom. The van der Waals surface area contributed by atoms with Gasteiger partial charge in [-0.1, -0.05) is 12.1 Å². The molecule has 0 radical (unpaired) electrons. The average molecular weight is 550 g/mol. The lowest BCUT2D eigenvalue weighted by Crippen LogP contribution is -2.44. The van der Waals surface area contributed by atoms with Crippen molar-refractivity contribution in [3.8, 4) is 34.5 Å². The number of carboxylic acids is 1. The number of carboxylic acid groups (broad SMARTS) is 1. The SMILES string of the molecule is COc1cc(OC)c(OC)cc1C=C1Oc2cc(OCC(=O)N[C@@H](Cc3ccc(O)cc3)C(=O)O)ccc2C1=O. The Bertz CT molecular complexity index is 1460. The highest BCUT2D eigenvalue weighted by atomic mass is 16.5. The molecule has 0 aromatic heterocycles. The predicted octanol–water partition coefficient (Wildman–Crippen LogP) is 3.23. The van der Waals surface area contributed by atoms with Crippen LogP contribution in [-0.4, -0.2) is 61.9 Å². The first-order chi connectivity index (χ1) is 19.2. The Kier molecular flexibility index (Phi) is 8.43. The van der Waals surface area contributed by atoms with E-state index < -0.39 is 24.5 Å². The van der Waals surface area contributed by atoms with E-state index in [-0.39, 0.29) is 35.2 Å². The minimum Gasteiger partial charge on any atom is -0.508 e. The molecule has 3 aromatic rings. The number of carbonyl (C=O) groups excluding carboxylic acids is 2. The molecule has 1 aliphatic rings. The van der Waals surface area contributed by atoms with Crippen LogP contribution in [0.4, 0.5) is 0 Å². The molecule has 208 valence electrons. The van der Waals surface area contributed by atoms with E-state index in [1.54, 1.807) is 24.3 Å². The highest BCUT2D eigenvalue weighted by Crippen LogP contribution is 2.39. The number of phenolic OH excluding ortho intramolecular Hbond substituents is 1. The van der Waals surface area contributed by atoms with Gasteiger partial charge in [-0.05, 0) is 42.0 Å². The minimum absolute atomic E-state index is 0.0239. The second-order valence-corrected chi connectivity index (χ2v) is 8.66. The zero-order valence-electron chi connectivity index (χ0n) is 21.9. The summed E-state index contributed by atoms with van der Waals surface area (Å²) in [5.74, 6) is -0.273. The average Bonchev–Trinajstić information content (AvgIpc) is 3.26. The van der Waals surface area contributed by atoms with Crippen LogP contribution in [0.15, 0.2) is 60.4 Å². The maximum Gasteiger partial charge on any atom is 0.326 e. The lowest BCUT2D eigenvalue weighted by molar-refractivity contribution is -0.142. The van der Waals surface area contributed by atoms with Crippen LogP contribution >= 0.6 is 0 Å². The van der Waals surface area contributed by atoms with Gasteiger partial charge in [0.1, 0.15) is 29.0 Å². The molecule has 0 saturated heterocycles. The quantitative estimate of drug-likeness (QED) is 0.304. The fraction of sp³-hybridized carbons (Fsp3) is 0.207. The summed E-state index contributed by atoms with van der Waals surface area (Å²) in [5.41, 5.74) is 1.47. The number of ketones is 1. The molecular formula is C29H27NO10. The van der Waals surface area contributed by atoms with Crippen molar-refractivity contribution in [1.29, 1.82) is 0 Å². The third-order valence-corrected chi connectivity index (χ3v) is 6.04. The Hall–Kier alpha value is -5.19. The molecule has 0 fully saturated rings. The van der Waals surface area contributed by atoms with Crippen LogP contribution in [-0.2, 0) is 16.0 Å². The van der Waals surface area contributed by atoms with Gasteiger partial charge in [0.2, 0.25) is 5.78 Å². The smallest absolute Gasteiger partial charge is 0.326 e. The number of ether oxygens (including phenoxy) is 5. The summed E-state index contributed by atoms with van der Waals surface area (Å²) in [4.78, 5) is 37.0. The van der Waals surface area contributed by atoms with E-state index in [2.05, 4.69) is 5.32 Å². The highest BCUT2D eigenvalue weighted by molar-refractivity contribution is 6.14. The molecule has 3 aromatic carbocycles. The largest absolute Gasteiger partial charge is 0.508 e. The van der Waals surface area contributed by atoms with Gasteiger partial charge >= 0.3 is 5.97 Å². The second-order valence-electron chi connectivity index (χ2n) is 8.66. The van der Waals surface area contributed by atoms with Crippen LogP contribution in [0.25, 0.3) is 6.08 Å². The zero-order valence-corrected chi connectivity index (χ0v) is 21.9. The zero-order chi connectivity index (χ0) is 28.8. The van der Waals surface area contributed by atoms with Crippen molar-refractivity contribution in [2.24, 2.45) is 0 Å². The number of carbonyl (C=O) groups is 3. The van der Waals surface area contributed by atoms with E-state index in [0.29, 0.717) is 33.9 Å². The molecule has 1 aliphatic heterocycles. The topological polar surface area (TPSA) is 150 Å². The first-order valence-corrected chi connectivity index (χ1v) is 12.0. The van der Waals surface area contributed by atoms with Gasteiger partial charge in [0, 0.05) is 24.1 Å². The lowest BCUT2D eigenvalue weighted by Gasteiger charge is -2.15. The van der Waals surface area contributed by atoms with Gasteiger partial charge in [-0.2, -0.15) is 0 Å². The minimum atomic E-state index is -1.21. The summed E-state index contributed by atoms with van der Waals surface area (Å²) in [6.45, 7) is -0.461. The molecule has 40 heavy (non-hydrogen) atoms. The molecule has 0 aliphatic carbocycles. The predicted molar refractivity (Wildman–Crippen MR) is 142 cm³/mol. The second kappa shape index (κ2) is 12.1. The van der Waals surface area contributed by atoms with E-state index >= 15 is 0 Å². The van der Waals surface area contributed by atoms with E-state index in [0.717, 1.165) is 0 Å². The Morgan fingerprint density at radius 3 is 2.27 bits per heavy atom. The van der Waals surface area contributed by atoms with E-state index in [1.807, 2.05) is 0 Å². The third kappa shape index (κ3) is 6.26. The summed E-state index contributed by atoms with van der Waals surface area (Å²) in [6, 6.07) is 12.6. The molecule has 0 saturated carbocycles. The molecule has 1 atom stereocenters. The van der Waals surface area contributed by atoms with Crippen LogP contribution in [0, 0.1) is 0 Å². The van der Waals surface area contributed by atoms with E-state index in [9.17, 15) is 24.6 Å². The van der Waals surface area contributed by atoms with Gasteiger partial charge in [0.05, 0.1) is 26.9 Å². The molecule has 11 nitrogen and oxygen atoms in total. The number of hydrogen-bond donors (Lipinski definition) is 3. The fourth-order valence-corrected chi connectivity index (χ4v) is 4.02. The Labute approximate surface area is 229 Å². The van der Waals surface area contributed by atoms with Crippen LogP contribution in [0.1, 0.15) is 21.5 Å². The lowest BCUT2D eigenvalue weighted by atomic mass is 10.1. The Morgan fingerprint density at radius 1 is 0.950 bits per heavy atom. The number of aromatic hydroxyl groups is 1. The molecule has 0 spiro atoms. The van der Waals surface area contributed by atoms with Crippen LogP contribution in [0.3, 0.4) is 0 Å². The number of amides is 1. The van der Waals surface area contributed by atoms with Crippen LogP contribution in [0.5, 0.6) is 34.5 Å². The van der Waals surface area contributed by atoms with Crippen molar-refractivity contribution < 1.29 is 48.3 Å². The normalized spacial score (nSPS) is 13.7. The summed E-state index contributed by atoms with van der Waals surface area (Å²) in [5, 5.41) is 21.3. The number of hydrogen-bond acceptors (Lipinski definition) is 9. The number of allylic oxidation sites excluding steroid dienone is 1. The van der Waals surface area contributed by atoms with Crippen LogP contribution in [0.2, 0.25) is 0 Å². The Balaban J connectivity index is 1.42. The molecule has 1 heterocycles. The molecule has 0 bridgehead atoms. The number of methoxy groups -OCH3 is 3. The van der Waals surface area contributed by atoms with Gasteiger partial charge < -0.3 is 39.2 Å². The molecule has 1 amide bonds. The van der Waals surface area contributed by atoms with E-state index in [1.165, 1.54) is 57.7 Å². The number of nitrogens with one attached hydrogen (secondary N) is 1. The summed E-state index contributed by atoms with van der Waals surface area (Å²) >= 11 is 0. The van der Waals surface area contributed by atoms with Gasteiger partial charge in [-0.3, -0.25) is 9.59 Å². The van der Waals surface area contributed by atoms with Crippen LogP contribution < -0.4 is 29.0 Å². The maximum absolute atomic E-state index is 12.9. The third-order valence-electron chi connectivity index (χ3n) is 6.04. The van der Waals surface area contributed by atoms with Gasteiger partial charge in [-0.25, -0.2) is 4.79 Å². The number of benzene rings is 3. The summed E-state index contributed by atoms with van der Waals surface area (Å²) < 4.78 is 27.3. The number of Topliss-reactive ketones (excluding diaryl/α,β-unsaturated/α-hetero) is 1. The monoisotopic (exact) mass is 549 g/mol. The standard InChI is InChI=1S/C29H27NO10/c1-36-22-14-25(38-3)24(37-2)11-17(22)12-26-28(33)20-9-8-19(13-23(20)40-26)39-15-27(32)30-21(29(34)35)10-16-4-6-18(31)7-5-16/h4-9,11-14,21,31H,10,15H2,1-3H3,(H,30,32)(H,34,35)/t21-/m0/s1. The van der Waals surface area contributed by atoms with Crippen molar-refractivity contribution in [3.63, 3.8) is 0 Å². The van der Waals surface area contributed by atoms with Gasteiger partial charge in [-0.15, -0.1) is 0 Å². The number of fused-ring (bicyclic) bond motifs is 1. The van der Waals surface area contributed by atoms with Crippen molar-refractivity contribution in [3.05, 3.63) is 77.0 Å². The number of phenols is 1. The van der Waals surface area contributed by atoms with Crippen molar-refractivity contribution in [2.45, 2.75) is 12.5 Å². The summed E-state index contributed by atoms with van der Waals surface area (Å²) in [6.07, 6.45) is 1.55. The molecule has 11 heteroatoms. The van der Waals surface area contributed by atoms with Gasteiger partial charge in [0.15, 0.2) is 23.9 Å². The molecule has 3 N–H and O–H groups in total. The number of aliphatic carboxylic acids is 1. The van der Waals surface area contributed by atoms with Crippen molar-refractivity contribution in [1.82, 2.24) is 5.32 Å². The highest BCUT2D eigenvalue weighted by Gasteiger charge is 2.29. The van der Waals surface area contributed by atoms with Crippen molar-refractivity contribution in [2.75, 3.05) is 27.9 Å². The maximum atomic E-state index is 12.9. The number of rotatable bonds is 11. The first kappa shape index (κ1) is 27.8. The van der Waals surface area contributed by atoms with Gasteiger partial charge in [0.25, 0.3) is 5.91 Å².